The maximum absolute atomic E-state index is 9.25. The third kappa shape index (κ3) is 3.83. The molecular weight excluding hydrogens is 200 g/mol. The first kappa shape index (κ1) is 13.0. The van der Waals surface area contributed by atoms with Crippen LogP contribution in [0.1, 0.15) is 31.9 Å². The van der Waals surface area contributed by atoms with Gasteiger partial charge in [-0.3, -0.25) is 4.90 Å². The summed E-state index contributed by atoms with van der Waals surface area (Å²) in [5.74, 6) is 0. The number of aliphatic hydroxyl groups excluding tert-OH is 1. The van der Waals surface area contributed by atoms with Gasteiger partial charge in [-0.25, -0.2) is 0 Å². The molecule has 2 unspecified atom stereocenters. The Morgan fingerprint density at radius 3 is 2.31 bits per heavy atom. The van der Waals surface area contributed by atoms with E-state index < -0.39 is 0 Å². The Balaban J connectivity index is 2.56. The van der Waals surface area contributed by atoms with Crippen molar-refractivity contribution in [2.24, 2.45) is 0 Å². The second-order valence-electron chi connectivity index (χ2n) is 4.46. The van der Waals surface area contributed by atoms with Gasteiger partial charge < -0.3 is 10.8 Å². The topological polar surface area (TPSA) is 49.5 Å². The van der Waals surface area contributed by atoms with Crippen molar-refractivity contribution < 1.29 is 5.11 Å². The van der Waals surface area contributed by atoms with Gasteiger partial charge >= 0.3 is 0 Å². The Morgan fingerprint density at radius 1 is 1.25 bits per heavy atom. The molecule has 1 rings (SSSR count). The zero-order valence-corrected chi connectivity index (χ0v) is 10.4. The van der Waals surface area contributed by atoms with E-state index in [9.17, 15) is 5.11 Å². The molecule has 16 heavy (non-hydrogen) atoms. The van der Waals surface area contributed by atoms with E-state index in [0.717, 1.165) is 18.7 Å². The zero-order chi connectivity index (χ0) is 12.1. The number of hydrogen-bond donors (Lipinski definition) is 2. The van der Waals surface area contributed by atoms with Crippen LogP contribution in [-0.4, -0.2) is 29.7 Å². The maximum atomic E-state index is 9.25. The molecule has 1 aromatic carbocycles. The van der Waals surface area contributed by atoms with Crippen LogP contribution in [0.5, 0.6) is 0 Å². The second-order valence-corrected chi connectivity index (χ2v) is 4.46. The fourth-order valence-electron chi connectivity index (χ4n) is 1.61. The summed E-state index contributed by atoms with van der Waals surface area (Å²) in [6.07, 6.45) is 0.566. The Hall–Kier alpha value is -1.06. The molecule has 0 heterocycles. The van der Waals surface area contributed by atoms with E-state index in [2.05, 4.69) is 31.0 Å². The van der Waals surface area contributed by atoms with Crippen LogP contribution in [0.15, 0.2) is 24.3 Å². The smallest absolute Gasteiger partial charge is 0.0524 e. The van der Waals surface area contributed by atoms with E-state index in [1.807, 2.05) is 19.1 Å². The van der Waals surface area contributed by atoms with E-state index in [0.29, 0.717) is 6.04 Å². The van der Waals surface area contributed by atoms with Gasteiger partial charge in [-0.15, -0.1) is 0 Å². The molecule has 3 heteroatoms. The quantitative estimate of drug-likeness (QED) is 0.749. The third-order valence-corrected chi connectivity index (χ3v) is 2.98. The van der Waals surface area contributed by atoms with Crippen molar-refractivity contribution in [3.05, 3.63) is 29.8 Å². The molecule has 0 radical (unpaired) electrons. The first-order valence-corrected chi connectivity index (χ1v) is 5.74. The van der Waals surface area contributed by atoms with Crippen molar-refractivity contribution in [3.63, 3.8) is 0 Å². The van der Waals surface area contributed by atoms with Crippen LogP contribution >= 0.6 is 0 Å². The molecule has 90 valence electrons. The lowest BCUT2D eigenvalue weighted by Crippen LogP contribution is -2.25. The van der Waals surface area contributed by atoms with Crippen molar-refractivity contribution in [2.75, 3.05) is 19.3 Å². The van der Waals surface area contributed by atoms with E-state index >= 15 is 0 Å². The minimum absolute atomic E-state index is 0.235. The normalized spacial score (nSPS) is 15.1. The average molecular weight is 222 g/mol. The molecule has 0 spiro atoms. The second kappa shape index (κ2) is 5.87. The summed E-state index contributed by atoms with van der Waals surface area (Å²) in [7, 11) is 2.07. The SMILES string of the molecule is CC(O)CCN(C)C(C)c1ccc(N)cc1. The molecule has 0 saturated carbocycles. The van der Waals surface area contributed by atoms with Crippen molar-refractivity contribution in [1.82, 2.24) is 4.90 Å². The molecule has 0 fully saturated rings. The number of rotatable bonds is 5. The van der Waals surface area contributed by atoms with Crippen molar-refractivity contribution in [3.8, 4) is 0 Å². The molecule has 0 saturated heterocycles. The number of aliphatic hydroxyl groups is 1. The van der Waals surface area contributed by atoms with E-state index in [1.165, 1.54) is 5.56 Å². The lowest BCUT2D eigenvalue weighted by Gasteiger charge is -2.25. The highest BCUT2D eigenvalue weighted by molar-refractivity contribution is 5.39. The van der Waals surface area contributed by atoms with Crippen LogP contribution in [0.25, 0.3) is 0 Å². The van der Waals surface area contributed by atoms with Crippen molar-refractivity contribution >= 4 is 5.69 Å². The minimum atomic E-state index is -0.235. The maximum Gasteiger partial charge on any atom is 0.0524 e. The minimum Gasteiger partial charge on any atom is -0.399 e. The number of hydrogen-bond acceptors (Lipinski definition) is 3. The van der Waals surface area contributed by atoms with Gasteiger partial charge in [0.2, 0.25) is 0 Å². The molecule has 2 atom stereocenters. The Labute approximate surface area is 97.9 Å². The van der Waals surface area contributed by atoms with Crippen LogP contribution in [0.3, 0.4) is 0 Å². The lowest BCUT2D eigenvalue weighted by molar-refractivity contribution is 0.153. The van der Waals surface area contributed by atoms with E-state index in [1.54, 1.807) is 0 Å². The molecular formula is C13H22N2O. The highest BCUT2D eigenvalue weighted by atomic mass is 16.3. The molecule has 0 aliphatic heterocycles. The first-order chi connectivity index (χ1) is 7.50. The summed E-state index contributed by atoms with van der Waals surface area (Å²) in [6, 6.07) is 8.31. The van der Waals surface area contributed by atoms with Crippen molar-refractivity contribution in [1.29, 1.82) is 0 Å². The number of nitrogen functional groups attached to an aromatic ring is 1. The summed E-state index contributed by atoms with van der Waals surface area (Å²) in [5, 5.41) is 9.25. The predicted octanol–water partition coefficient (Wildman–Crippen LogP) is 2.03. The lowest BCUT2D eigenvalue weighted by atomic mass is 10.1. The summed E-state index contributed by atoms with van der Waals surface area (Å²) >= 11 is 0. The highest BCUT2D eigenvalue weighted by Crippen LogP contribution is 2.19. The first-order valence-electron chi connectivity index (χ1n) is 5.74. The van der Waals surface area contributed by atoms with Crippen LogP contribution in [0.4, 0.5) is 5.69 Å². The summed E-state index contributed by atoms with van der Waals surface area (Å²) < 4.78 is 0. The number of anilines is 1. The van der Waals surface area contributed by atoms with Crippen LogP contribution in [0.2, 0.25) is 0 Å². The van der Waals surface area contributed by atoms with Crippen LogP contribution in [0, 0.1) is 0 Å². The van der Waals surface area contributed by atoms with Gasteiger partial charge in [0.15, 0.2) is 0 Å². The van der Waals surface area contributed by atoms with Gasteiger partial charge in [-0.05, 0) is 45.0 Å². The van der Waals surface area contributed by atoms with Gasteiger partial charge in [0, 0.05) is 18.3 Å². The fourth-order valence-corrected chi connectivity index (χ4v) is 1.61. The molecule has 0 aromatic heterocycles. The van der Waals surface area contributed by atoms with Crippen molar-refractivity contribution in [2.45, 2.75) is 32.4 Å². The number of benzene rings is 1. The molecule has 1 aromatic rings. The Morgan fingerprint density at radius 2 is 1.81 bits per heavy atom. The molecule has 0 aliphatic carbocycles. The predicted molar refractivity (Wildman–Crippen MR) is 68.2 cm³/mol. The van der Waals surface area contributed by atoms with Gasteiger partial charge in [0.25, 0.3) is 0 Å². The standard InChI is InChI=1S/C13H22N2O/c1-10(16)8-9-15(3)11(2)12-4-6-13(14)7-5-12/h4-7,10-11,16H,8-9,14H2,1-3H3. The zero-order valence-electron chi connectivity index (χ0n) is 10.4. The number of nitrogens with zero attached hydrogens (tertiary/aromatic N) is 1. The number of nitrogens with two attached hydrogens (primary N) is 1. The van der Waals surface area contributed by atoms with Crippen LogP contribution in [-0.2, 0) is 0 Å². The third-order valence-electron chi connectivity index (χ3n) is 2.98. The summed E-state index contributed by atoms with van der Waals surface area (Å²) in [5.41, 5.74) is 7.70. The van der Waals surface area contributed by atoms with E-state index in [4.69, 9.17) is 5.73 Å². The van der Waals surface area contributed by atoms with Gasteiger partial charge in [0.05, 0.1) is 6.10 Å². The molecule has 3 nitrogen and oxygen atoms in total. The Kier molecular flexibility index (Phi) is 4.77. The largest absolute Gasteiger partial charge is 0.399 e. The van der Waals surface area contributed by atoms with E-state index in [-0.39, 0.29) is 6.10 Å². The molecule has 0 bridgehead atoms. The molecule has 3 N–H and O–H groups in total. The summed E-state index contributed by atoms with van der Waals surface area (Å²) in [4.78, 5) is 2.23. The fraction of sp³-hybridized carbons (Fsp3) is 0.538. The van der Waals surface area contributed by atoms with Gasteiger partial charge in [0.1, 0.15) is 0 Å². The molecule has 0 aliphatic rings. The monoisotopic (exact) mass is 222 g/mol. The van der Waals surface area contributed by atoms with Gasteiger partial charge in [-0.2, -0.15) is 0 Å². The average Bonchev–Trinajstić information content (AvgIpc) is 2.26. The molecule has 0 amide bonds. The summed E-state index contributed by atoms with van der Waals surface area (Å²) in [6.45, 7) is 4.87. The highest BCUT2D eigenvalue weighted by Gasteiger charge is 2.11. The Bertz CT molecular complexity index is 308. The van der Waals surface area contributed by atoms with Gasteiger partial charge in [-0.1, -0.05) is 12.1 Å². The van der Waals surface area contributed by atoms with Crippen LogP contribution < -0.4 is 5.73 Å².